The number of unbranched alkanes of at least 4 members (excludes halogenated alkanes) is 1. The smallest absolute Gasteiger partial charge is 0.481 e. The Bertz CT molecular complexity index is 343. The van der Waals surface area contributed by atoms with Crippen LogP contribution in [0.5, 0.6) is 0 Å². The second-order valence-electron chi connectivity index (χ2n) is 4.61. The molecule has 2 heterocycles. The van der Waals surface area contributed by atoms with Crippen molar-refractivity contribution in [2.45, 2.75) is 43.0 Å². The molecule has 6 N–H and O–H groups in total. The van der Waals surface area contributed by atoms with Crippen LogP contribution in [0.1, 0.15) is 25.7 Å². The Kier molecular flexibility index (Phi) is 7.13. The highest BCUT2D eigenvalue weighted by Gasteiger charge is 2.42. The molecule has 2 fully saturated rings. The van der Waals surface area contributed by atoms with E-state index in [0.717, 1.165) is 25.0 Å². The first kappa shape index (κ1) is 17.1. The molecular formula is C10H19BN2O6S. The molecule has 2 rings (SSSR count). The summed E-state index contributed by atoms with van der Waals surface area (Å²) in [7, 11) is -2.17. The molecule has 3 atom stereocenters. The number of carbonyl (C=O) groups is 2. The normalized spacial score (nSPS) is 26.9. The molecule has 10 heteroatoms. The van der Waals surface area contributed by atoms with E-state index in [0.29, 0.717) is 5.25 Å². The summed E-state index contributed by atoms with van der Waals surface area (Å²) < 4.78 is 0. The first-order chi connectivity index (χ1) is 9.40. The fraction of sp³-hybridized carbons (Fsp3) is 0.800. The lowest BCUT2D eigenvalue weighted by Gasteiger charge is -2.16. The van der Waals surface area contributed by atoms with E-state index in [4.69, 9.17) is 20.2 Å². The maximum atomic E-state index is 11.1. The van der Waals surface area contributed by atoms with E-state index in [1.165, 1.54) is 0 Å². The first-order valence-electron chi connectivity index (χ1n) is 6.34. The van der Waals surface area contributed by atoms with E-state index in [-0.39, 0.29) is 24.5 Å². The zero-order chi connectivity index (χ0) is 15.1. The van der Waals surface area contributed by atoms with Gasteiger partial charge in [-0.3, -0.25) is 4.79 Å². The van der Waals surface area contributed by atoms with Gasteiger partial charge in [-0.1, -0.05) is 6.42 Å². The Labute approximate surface area is 121 Å². The lowest BCUT2D eigenvalue weighted by atomic mass is 10.0. The number of nitrogens with one attached hydrogen (secondary N) is 2. The predicted molar refractivity (Wildman–Crippen MR) is 74.0 cm³/mol. The minimum Gasteiger partial charge on any atom is -0.481 e. The third-order valence-electron chi connectivity index (χ3n) is 3.07. The van der Waals surface area contributed by atoms with Gasteiger partial charge >= 0.3 is 19.3 Å². The van der Waals surface area contributed by atoms with Crippen molar-refractivity contribution in [1.29, 1.82) is 0 Å². The van der Waals surface area contributed by atoms with Gasteiger partial charge in [-0.05, 0) is 12.8 Å². The number of thioether (sulfide) groups is 1. The predicted octanol–water partition coefficient (Wildman–Crippen LogP) is -1.25. The summed E-state index contributed by atoms with van der Waals surface area (Å²) in [6.07, 6.45) is 2.88. The molecule has 0 bridgehead atoms. The largest absolute Gasteiger partial charge is 0.631 e. The van der Waals surface area contributed by atoms with Crippen LogP contribution >= 0.6 is 11.8 Å². The van der Waals surface area contributed by atoms with Crippen LogP contribution < -0.4 is 10.6 Å². The van der Waals surface area contributed by atoms with Crippen molar-refractivity contribution in [3.8, 4) is 0 Å². The van der Waals surface area contributed by atoms with Gasteiger partial charge in [0.05, 0.1) is 12.1 Å². The lowest BCUT2D eigenvalue weighted by molar-refractivity contribution is -0.137. The Hall–Kier alpha value is -0.965. The molecule has 8 nitrogen and oxygen atoms in total. The fourth-order valence-corrected chi connectivity index (χ4v) is 3.81. The van der Waals surface area contributed by atoms with Crippen LogP contribution in [0.25, 0.3) is 0 Å². The highest BCUT2D eigenvalue weighted by molar-refractivity contribution is 8.00. The molecule has 114 valence electrons. The number of fused-ring (bicyclic) bond motifs is 1. The number of amides is 2. The fourth-order valence-electron chi connectivity index (χ4n) is 2.26. The standard InChI is InChI=1S/C10H16N2O3S.BH3O3/c13-8(14)4-2-1-3-7-9-6(5-16-7)11-10(15)12-9;2-1(3)4/h6-7,9H,1-5H2,(H,13,14)(H2,11,12,15);2-4H/t6-,7-,9-;/m0./s1. The van der Waals surface area contributed by atoms with Gasteiger partial charge in [0, 0.05) is 17.4 Å². The van der Waals surface area contributed by atoms with E-state index in [2.05, 4.69) is 10.6 Å². The summed E-state index contributed by atoms with van der Waals surface area (Å²) in [5.74, 6) is 0.236. The van der Waals surface area contributed by atoms with Crippen LogP contribution in [-0.4, -0.2) is 62.6 Å². The van der Waals surface area contributed by atoms with Gasteiger partial charge in [0.1, 0.15) is 0 Å². The molecule has 0 spiro atoms. The third-order valence-corrected chi connectivity index (χ3v) is 4.58. The highest BCUT2D eigenvalue weighted by atomic mass is 32.2. The van der Waals surface area contributed by atoms with Crippen molar-refractivity contribution < 1.29 is 29.8 Å². The quantitative estimate of drug-likeness (QED) is 0.212. The monoisotopic (exact) mass is 306 g/mol. The van der Waals surface area contributed by atoms with Gasteiger partial charge in [-0.2, -0.15) is 11.8 Å². The molecule has 2 amide bonds. The zero-order valence-electron chi connectivity index (χ0n) is 10.9. The van der Waals surface area contributed by atoms with Gasteiger partial charge in [-0.25, -0.2) is 4.79 Å². The van der Waals surface area contributed by atoms with E-state index < -0.39 is 13.3 Å². The second-order valence-corrected chi connectivity index (χ2v) is 5.88. The van der Waals surface area contributed by atoms with Crippen molar-refractivity contribution in [2.75, 3.05) is 5.75 Å². The maximum absolute atomic E-state index is 11.1. The highest BCUT2D eigenvalue weighted by Crippen LogP contribution is 2.33. The number of urea groups is 1. The molecule has 2 aliphatic heterocycles. The molecule has 2 saturated heterocycles. The minimum absolute atomic E-state index is 0.0640. The molecule has 0 aromatic carbocycles. The number of carboxylic acid groups (broad SMARTS) is 1. The molecule has 0 aliphatic carbocycles. The summed E-state index contributed by atoms with van der Waals surface area (Å²) in [6.45, 7) is 0. The first-order valence-corrected chi connectivity index (χ1v) is 7.39. The molecular weight excluding hydrogens is 287 g/mol. The van der Waals surface area contributed by atoms with Crippen molar-refractivity contribution in [2.24, 2.45) is 0 Å². The number of carbonyl (C=O) groups excluding carboxylic acids is 1. The summed E-state index contributed by atoms with van der Waals surface area (Å²) in [6, 6.07) is 0.440. The SMILES string of the molecule is O=C(O)CCCC[C@@H]1SC[C@@H]2NC(=O)N[C@@H]21.OB(O)O. The van der Waals surface area contributed by atoms with Crippen LogP contribution in [0.3, 0.4) is 0 Å². The molecule has 2 aliphatic rings. The summed E-state index contributed by atoms with van der Waals surface area (Å²) in [4.78, 5) is 21.5. The number of hydrogen-bond acceptors (Lipinski definition) is 6. The molecule has 0 radical (unpaired) electrons. The third kappa shape index (κ3) is 5.99. The van der Waals surface area contributed by atoms with Gasteiger partial charge in [0.25, 0.3) is 0 Å². The van der Waals surface area contributed by atoms with Gasteiger partial charge in [-0.15, -0.1) is 0 Å². The molecule has 20 heavy (non-hydrogen) atoms. The molecule has 0 saturated carbocycles. The average molecular weight is 306 g/mol. The maximum Gasteiger partial charge on any atom is 0.631 e. The zero-order valence-corrected chi connectivity index (χ0v) is 11.7. The van der Waals surface area contributed by atoms with Gasteiger partial charge in [0.15, 0.2) is 0 Å². The molecule has 0 unspecified atom stereocenters. The van der Waals surface area contributed by atoms with E-state index in [1.54, 1.807) is 0 Å². The summed E-state index contributed by atoms with van der Waals surface area (Å²) in [5, 5.41) is 36.3. The summed E-state index contributed by atoms with van der Waals surface area (Å²) in [5.41, 5.74) is 0. The van der Waals surface area contributed by atoms with Crippen LogP contribution in [0.15, 0.2) is 0 Å². The topological polar surface area (TPSA) is 139 Å². The Balaban J connectivity index is 0.000000444. The van der Waals surface area contributed by atoms with Crippen molar-refractivity contribution >= 4 is 31.1 Å². The van der Waals surface area contributed by atoms with E-state index in [9.17, 15) is 9.59 Å². The van der Waals surface area contributed by atoms with Crippen LogP contribution in [-0.2, 0) is 4.79 Å². The van der Waals surface area contributed by atoms with Crippen LogP contribution in [0, 0.1) is 0 Å². The van der Waals surface area contributed by atoms with Gasteiger partial charge < -0.3 is 30.8 Å². The van der Waals surface area contributed by atoms with Gasteiger partial charge in [0.2, 0.25) is 0 Å². The molecule has 0 aromatic heterocycles. The van der Waals surface area contributed by atoms with Crippen molar-refractivity contribution in [3.05, 3.63) is 0 Å². The minimum atomic E-state index is -2.17. The number of rotatable bonds is 5. The number of carboxylic acids is 1. The van der Waals surface area contributed by atoms with Crippen molar-refractivity contribution in [1.82, 2.24) is 10.6 Å². The average Bonchev–Trinajstić information content (AvgIpc) is 2.83. The summed E-state index contributed by atoms with van der Waals surface area (Å²) >= 11 is 1.87. The van der Waals surface area contributed by atoms with E-state index in [1.807, 2.05) is 11.8 Å². The van der Waals surface area contributed by atoms with Crippen LogP contribution in [0.4, 0.5) is 4.79 Å². The lowest BCUT2D eigenvalue weighted by Crippen LogP contribution is -2.36. The molecule has 0 aromatic rings. The van der Waals surface area contributed by atoms with E-state index >= 15 is 0 Å². The Morgan fingerprint density at radius 1 is 1.30 bits per heavy atom. The second kappa shape index (κ2) is 8.35. The number of hydrogen-bond donors (Lipinski definition) is 6. The van der Waals surface area contributed by atoms with Crippen LogP contribution in [0.2, 0.25) is 0 Å². The Morgan fingerprint density at radius 3 is 2.55 bits per heavy atom. The Morgan fingerprint density at radius 2 is 1.95 bits per heavy atom. The van der Waals surface area contributed by atoms with Crippen molar-refractivity contribution in [3.63, 3.8) is 0 Å². The number of aliphatic carboxylic acids is 1.